The van der Waals surface area contributed by atoms with Gasteiger partial charge in [0.15, 0.2) is 0 Å². The molecule has 0 atom stereocenters. The summed E-state index contributed by atoms with van der Waals surface area (Å²) in [5.74, 6) is 0. The Morgan fingerprint density at radius 1 is 1.00 bits per heavy atom. The van der Waals surface area contributed by atoms with E-state index in [1.54, 1.807) is 32.9 Å². The standard InChI is InChI=1S/C12H16O2S/c1-9(2)11(4)15(13,14)12-7-5-10(3)6-8-12/h5-8H,1-4H3. The summed E-state index contributed by atoms with van der Waals surface area (Å²) in [6, 6.07) is 6.92. The molecular weight excluding hydrogens is 208 g/mol. The van der Waals surface area contributed by atoms with E-state index in [0.717, 1.165) is 11.1 Å². The van der Waals surface area contributed by atoms with Crippen LogP contribution in [0, 0.1) is 6.92 Å². The fraction of sp³-hybridized carbons (Fsp3) is 0.333. The van der Waals surface area contributed by atoms with Crippen molar-refractivity contribution in [1.82, 2.24) is 0 Å². The van der Waals surface area contributed by atoms with Crippen LogP contribution < -0.4 is 0 Å². The Labute approximate surface area is 91.6 Å². The van der Waals surface area contributed by atoms with E-state index in [4.69, 9.17) is 0 Å². The molecule has 2 nitrogen and oxygen atoms in total. The second kappa shape index (κ2) is 4.19. The first-order chi connectivity index (χ1) is 6.85. The van der Waals surface area contributed by atoms with Crippen LogP contribution in [0.25, 0.3) is 0 Å². The molecule has 0 spiro atoms. The fourth-order valence-corrected chi connectivity index (χ4v) is 2.55. The summed E-state index contributed by atoms with van der Waals surface area (Å²) >= 11 is 0. The van der Waals surface area contributed by atoms with Crippen LogP contribution in [0.2, 0.25) is 0 Å². The van der Waals surface area contributed by atoms with Gasteiger partial charge in [0, 0.05) is 4.91 Å². The van der Waals surface area contributed by atoms with Gasteiger partial charge < -0.3 is 0 Å². The smallest absolute Gasteiger partial charge is 0.202 e. The van der Waals surface area contributed by atoms with Gasteiger partial charge >= 0.3 is 0 Å². The number of aryl methyl sites for hydroxylation is 1. The van der Waals surface area contributed by atoms with Gasteiger partial charge in [-0.05, 0) is 39.8 Å². The van der Waals surface area contributed by atoms with Crippen molar-refractivity contribution in [3.8, 4) is 0 Å². The lowest BCUT2D eigenvalue weighted by atomic mass is 10.2. The summed E-state index contributed by atoms with van der Waals surface area (Å²) in [5.41, 5.74) is 1.89. The monoisotopic (exact) mass is 224 g/mol. The van der Waals surface area contributed by atoms with Gasteiger partial charge in [0.25, 0.3) is 0 Å². The van der Waals surface area contributed by atoms with Gasteiger partial charge in [-0.3, -0.25) is 0 Å². The average Bonchev–Trinajstić information content (AvgIpc) is 2.17. The lowest BCUT2D eigenvalue weighted by molar-refractivity contribution is 0.601. The molecule has 0 N–H and O–H groups in total. The predicted molar refractivity (Wildman–Crippen MR) is 62.4 cm³/mol. The molecule has 0 aliphatic heterocycles. The van der Waals surface area contributed by atoms with Gasteiger partial charge in [-0.2, -0.15) is 0 Å². The van der Waals surface area contributed by atoms with Crippen molar-refractivity contribution in [2.45, 2.75) is 32.6 Å². The zero-order valence-electron chi connectivity index (χ0n) is 9.53. The summed E-state index contributed by atoms with van der Waals surface area (Å²) in [6.07, 6.45) is 0. The van der Waals surface area contributed by atoms with E-state index < -0.39 is 9.84 Å². The summed E-state index contributed by atoms with van der Waals surface area (Å²) < 4.78 is 24.1. The summed E-state index contributed by atoms with van der Waals surface area (Å²) in [7, 11) is -3.28. The van der Waals surface area contributed by atoms with Crippen LogP contribution in [0.15, 0.2) is 39.6 Å². The number of allylic oxidation sites excluding steroid dienone is 2. The minimum absolute atomic E-state index is 0.367. The predicted octanol–water partition coefficient (Wildman–Crippen LogP) is 3.08. The number of benzene rings is 1. The Kier molecular flexibility index (Phi) is 3.35. The van der Waals surface area contributed by atoms with Gasteiger partial charge in [0.05, 0.1) is 4.90 Å². The number of rotatable bonds is 2. The Balaban J connectivity index is 3.31. The van der Waals surface area contributed by atoms with Crippen LogP contribution in [0.3, 0.4) is 0 Å². The second-order valence-corrected chi connectivity index (χ2v) is 5.96. The second-order valence-electron chi connectivity index (χ2n) is 3.87. The first-order valence-corrected chi connectivity index (χ1v) is 6.30. The van der Waals surface area contributed by atoms with E-state index in [-0.39, 0.29) is 0 Å². The van der Waals surface area contributed by atoms with Gasteiger partial charge in [-0.25, -0.2) is 8.42 Å². The van der Waals surface area contributed by atoms with E-state index >= 15 is 0 Å². The molecule has 0 amide bonds. The van der Waals surface area contributed by atoms with Crippen LogP contribution in [-0.2, 0) is 9.84 Å². The van der Waals surface area contributed by atoms with E-state index in [0.29, 0.717) is 9.80 Å². The molecule has 0 radical (unpaired) electrons. The highest BCUT2D eigenvalue weighted by Crippen LogP contribution is 2.21. The molecule has 15 heavy (non-hydrogen) atoms. The first-order valence-electron chi connectivity index (χ1n) is 4.81. The maximum absolute atomic E-state index is 12.0. The summed E-state index contributed by atoms with van der Waals surface area (Å²) in [5, 5.41) is 0. The van der Waals surface area contributed by atoms with E-state index in [9.17, 15) is 8.42 Å². The normalized spacial score (nSPS) is 11.2. The molecule has 1 aromatic rings. The molecule has 0 aliphatic rings. The lowest BCUT2D eigenvalue weighted by Crippen LogP contribution is -2.03. The topological polar surface area (TPSA) is 34.1 Å². The number of sulfone groups is 1. The van der Waals surface area contributed by atoms with E-state index in [1.807, 2.05) is 19.1 Å². The van der Waals surface area contributed by atoms with Crippen molar-refractivity contribution < 1.29 is 8.42 Å². The summed E-state index contributed by atoms with van der Waals surface area (Å²) in [4.78, 5) is 0.804. The highest BCUT2D eigenvalue weighted by atomic mass is 32.2. The Morgan fingerprint density at radius 2 is 1.47 bits per heavy atom. The zero-order valence-corrected chi connectivity index (χ0v) is 10.4. The molecule has 0 saturated heterocycles. The molecule has 0 fully saturated rings. The van der Waals surface area contributed by atoms with Gasteiger partial charge in [-0.15, -0.1) is 0 Å². The molecule has 82 valence electrons. The molecule has 0 aromatic heterocycles. The van der Waals surface area contributed by atoms with Crippen LogP contribution in [0.5, 0.6) is 0 Å². The Hall–Kier alpha value is -1.09. The van der Waals surface area contributed by atoms with Crippen molar-refractivity contribution in [3.05, 3.63) is 40.3 Å². The molecule has 0 saturated carbocycles. The third kappa shape index (κ3) is 2.48. The number of hydrogen-bond donors (Lipinski definition) is 0. The molecule has 0 aliphatic carbocycles. The third-order valence-electron chi connectivity index (χ3n) is 2.44. The molecule has 0 heterocycles. The van der Waals surface area contributed by atoms with Gasteiger partial charge in [0.2, 0.25) is 9.84 Å². The van der Waals surface area contributed by atoms with Crippen LogP contribution in [0.4, 0.5) is 0 Å². The third-order valence-corrected chi connectivity index (χ3v) is 4.55. The van der Waals surface area contributed by atoms with Crippen molar-refractivity contribution in [1.29, 1.82) is 0 Å². The van der Waals surface area contributed by atoms with Crippen molar-refractivity contribution in [3.63, 3.8) is 0 Å². The quantitative estimate of drug-likeness (QED) is 0.773. The highest BCUT2D eigenvalue weighted by Gasteiger charge is 2.17. The van der Waals surface area contributed by atoms with Crippen LogP contribution >= 0.6 is 0 Å². The van der Waals surface area contributed by atoms with E-state index in [2.05, 4.69) is 0 Å². The highest BCUT2D eigenvalue weighted by molar-refractivity contribution is 7.95. The zero-order chi connectivity index (χ0) is 11.6. The lowest BCUT2D eigenvalue weighted by Gasteiger charge is -2.06. The SMILES string of the molecule is CC(C)=C(C)S(=O)(=O)c1ccc(C)cc1. The molecule has 0 bridgehead atoms. The molecule has 3 heteroatoms. The van der Waals surface area contributed by atoms with E-state index in [1.165, 1.54) is 0 Å². The van der Waals surface area contributed by atoms with Crippen LogP contribution in [0.1, 0.15) is 26.3 Å². The Morgan fingerprint density at radius 3 is 1.87 bits per heavy atom. The maximum atomic E-state index is 12.0. The molecular formula is C12H16O2S. The Bertz CT molecular complexity index is 475. The fourth-order valence-electron chi connectivity index (χ4n) is 1.16. The van der Waals surface area contributed by atoms with Gasteiger partial charge in [0.1, 0.15) is 0 Å². The van der Waals surface area contributed by atoms with Crippen molar-refractivity contribution in [2.75, 3.05) is 0 Å². The summed E-state index contributed by atoms with van der Waals surface area (Å²) in [6.45, 7) is 7.19. The molecule has 0 unspecified atom stereocenters. The van der Waals surface area contributed by atoms with Crippen molar-refractivity contribution in [2.24, 2.45) is 0 Å². The molecule has 1 rings (SSSR count). The average molecular weight is 224 g/mol. The minimum Gasteiger partial charge on any atom is -0.219 e. The maximum Gasteiger partial charge on any atom is 0.202 e. The van der Waals surface area contributed by atoms with Gasteiger partial charge in [-0.1, -0.05) is 23.3 Å². The first kappa shape index (κ1) is 12.0. The largest absolute Gasteiger partial charge is 0.219 e. The van der Waals surface area contributed by atoms with Crippen LogP contribution in [-0.4, -0.2) is 8.42 Å². The number of hydrogen-bond acceptors (Lipinski definition) is 2. The molecule has 1 aromatic carbocycles. The minimum atomic E-state index is -3.28. The van der Waals surface area contributed by atoms with Crippen molar-refractivity contribution >= 4 is 9.84 Å².